The Bertz CT molecular complexity index is 306. The summed E-state index contributed by atoms with van der Waals surface area (Å²) in [6.07, 6.45) is 22.3. The summed E-state index contributed by atoms with van der Waals surface area (Å²) >= 11 is 0. The van der Waals surface area contributed by atoms with Gasteiger partial charge in [0.2, 0.25) is 0 Å². The topological polar surface area (TPSA) is 112 Å². The molecule has 0 aliphatic heterocycles. The molecule has 30 heavy (non-hydrogen) atoms. The van der Waals surface area contributed by atoms with Gasteiger partial charge in [-0.1, -0.05) is 117 Å². The summed E-state index contributed by atoms with van der Waals surface area (Å²) in [4.78, 5) is 20.2. The van der Waals surface area contributed by atoms with Gasteiger partial charge in [-0.3, -0.25) is 0 Å². The van der Waals surface area contributed by atoms with Gasteiger partial charge in [-0.15, -0.1) is 0 Å². The molecule has 0 aliphatic rings. The second-order valence-corrected chi connectivity index (χ2v) is 7.90. The minimum absolute atomic E-state index is 0. The summed E-state index contributed by atoms with van der Waals surface area (Å²) in [6.45, 7) is 4.44. The molecule has 0 saturated carbocycles. The van der Waals surface area contributed by atoms with Gasteiger partial charge in [0.1, 0.15) is 0 Å². The number of carboxylic acid groups (broad SMARTS) is 2. The van der Waals surface area contributed by atoms with Crippen molar-refractivity contribution in [2.24, 2.45) is 0 Å². The molecule has 0 atom stereocenters. The molecule has 0 spiro atoms. The van der Waals surface area contributed by atoms with Gasteiger partial charge in [0.15, 0.2) is 0 Å². The maximum atomic E-state index is 10.1. The molecule has 176 valence electrons. The summed E-state index contributed by atoms with van der Waals surface area (Å²) in [5, 5.41) is 20.2. The Morgan fingerprint density at radius 1 is 0.467 bits per heavy atom. The molecular formula is C24H48CaO5. The zero-order chi connectivity index (χ0) is 21.3. The number of carbonyl (C=O) groups excluding carboxylic acids is 2. The monoisotopic (exact) mass is 456 g/mol. The van der Waals surface area contributed by atoms with E-state index in [0.717, 1.165) is 25.7 Å². The van der Waals surface area contributed by atoms with Crippen molar-refractivity contribution < 1.29 is 25.3 Å². The first-order valence-corrected chi connectivity index (χ1v) is 11.9. The number of hydrogen-bond donors (Lipinski definition) is 0. The third-order valence-corrected chi connectivity index (χ3v) is 4.97. The third-order valence-electron chi connectivity index (χ3n) is 4.97. The maximum Gasteiger partial charge on any atom is 2.00 e. The van der Waals surface area contributed by atoms with E-state index in [1.54, 1.807) is 0 Å². The normalized spacial score (nSPS) is 9.67. The van der Waals surface area contributed by atoms with Crippen LogP contribution in [-0.2, 0) is 9.59 Å². The van der Waals surface area contributed by atoms with E-state index in [9.17, 15) is 19.8 Å². The quantitative estimate of drug-likeness (QED) is 0.203. The SMILES string of the molecule is CCCCCCCCCCCC(=O)[O-].CCCCCCCCCCCC(=O)[O-].O.[Ca+2]. The molecule has 0 aliphatic carbocycles. The van der Waals surface area contributed by atoms with Crippen LogP contribution in [-0.4, -0.2) is 55.2 Å². The van der Waals surface area contributed by atoms with Crippen LogP contribution in [0.4, 0.5) is 0 Å². The van der Waals surface area contributed by atoms with Crippen LogP contribution in [0, 0.1) is 0 Å². The van der Waals surface area contributed by atoms with E-state index in [1.807, 2.05) is 0 Å². The number of hydrogen-bond acceptors (Lipinski definition) is 4. The Labute approximate surface area is 216 Å². The van der Waals surface area contributed by atoms with Gasteiger partial charge >= 0.3 is 37.7 Å². The molecule has 0 aromatic heterocycles. The first-order valence-electron chi connectivity index (χ1n) is 11.9. The van der Waals surface area contributed by atoms with E-state index in [0.29, 0.717) is 0 Å². The predicted octanol–water partition coefficient (Wildman–Crippen LogP) is 4.11. The van der Waals surface area contributed by atoms with Crippen LogP contribution in [0.1, 0.15) is 142 Å². The van der Waals surface area contributed by atoms with Crippen molar-refractivity contribution in [2.45, 2.75) is 142 Å². The van der Waals surface area contributed by atoms with E-state index in [1.165, 1.54) is 89.9 Å². The minimum atomic E-state index is -0.909. The summed E-state index contributed by atoms with van der Waals surface area (Å²) in [7, 11) is 0. The fourth-order valence-electron chi connectivity index (χ4n) is 3.16. The van der Waals surface area contributed by atoms with E-state index in [4.69, 9.17) is 0 Å². The molecular weight excluding hydrogens is 408 g/mol. The van der Waals surface area contributed by atoms with Crippen LogP contribution in [0.15, 0.2) is 0 Å². The van der Waals surface area contributed by atoms with Crippen molar-refractivity contribution in [1.82, 2.24) is 0 Å². The Hall–Kier alpha value is 0.160. The average molecular weight is 457 g/mol. The van der Waals surface area contributed by atoms with Gasteiger partial charge in [-0.25, -0.2) is 0 Å². The van der Waals surface area contributed by atoms with Gasteiger partial charge in [0.05, 0.1) is 0 Å². The van der Waals surface area contributed by atoms with Crippen molar-refractivity contribution in [3.8, 4) is 0 Å². The van der Waals surface area contributed by atoms with Gasteiger partial charge in [-0.2, -0.15) is 0 Å². The molecule has 0 fully saturated rings. The zero-order valence-corrected chi connectivity index (χ0v) is 22.2. The fraction of sp³-hybridized carbons (Fsp3) is 0.917. The van der Waals surface area contributed by atoms with E-state index < -0.39 is 11.9 Å². The second kappa shape index (κ2) is 33.8. The van der Waals surface area contributed by atoms with Gasteiger partial charge in [0, 0.05) is 11.9 Å². The van der Waals surface area contributed by atoms with Crippen LogP contribution in [0.3, 0.4) is 0 Å². The van der Waals surface area contributed by atoms with Gasteiger partial charge in [-0.05, 0) is 25.7 Å². The minimum Gasteiger partial charge on any atom is -0.550 e. The van der Waals surface area contributed by atoms with Crippen LogP contribution < -0.4 is 10.2 Å². The average Bonchev–Trinajstić information content (AvgIpc) is 2.65. The molecule has 6 heteroatoms. The Morgan fingerprint density at radius 2 is 0.667 bits per heavy atom. The zero-order valence-electron chi connectivity index (χ0n) is 20.0. The maximum absolute atomic E-state index is 10.1. The van der Waals surface area contributed by atoms with Crippen molar-refractivity contribution in [2.75, 3.05) is 0 Å². The molecule has 0 radical (unpaired) electrons. The molecule has 2 N–H and O–H groups in total. The number of carboxylic acids is 2. The summed E-state index contributed by atoms with van der Waals surface area (Å²) in [5.41, 5.74) is 0. The first-order chi connectivity index (χ1) is 13.5. The van der Waals surface area contributed by atoms with E-state index in [2.05, 4.69) is 13.8 Å². The van der Waals surface area contributed by atoms with Crippen molar-refractivity contribution >= 4 is 49.7 Å². The van der Waals surface area contributed by atoms with Crippen molar-refractivity contribution in [3.05, 3.63) is 0 Å². The van der Waals surface area contributed by atoms with Crippen LogP contribution in [0.2, 0.25) is 0 Å². The first kappa shape index (κ1) is 37.5. The number of aliphatic carboxylic acids is 2. The van der Waals surface area contributed by atoms with Crippen LogP contribution >= 0.6 is 0 Å². The van der Waals surface area contributed by atoms with Gasteiger partial charge in [0.25, 0.3) is 0 Å². The Morgan fingerprint density at radius 3 is 0.867 bits per heavy atom. The van der Waals surface area contributed by atoms with Crippen molar-refractivity contribution in [1.29, 1.82) is 0 Å². The largest absolute Gasteiger partial charge is 2.00 e. The van der Waals surface area contributed by atoms with Crippen LogP contribution in [0.25, 0.3) is 0 Å². The predicted molar refractivity (Wildman–Crippen MR) is 123 cm³/mol. The van der Waals surface area contributed by atoms with E-state index in [-0.39, 0.29) is 56.1 Å². The summed E-state index contributed by atoms with van der Waals surface area (Å²) in [5.74, 6) is -1.82. The van der Waals surface area contributed by atoms with Crippen molar-refractivity contribution in [3.63, 3.8) is 0 Å². The molecule has 0 rings (SSSR count). The fourth-order valence-corrected chi connectivity index (χ4v) is 3.16. The molecule has 0 aromatic rings. The standard InChI is InChI=1S/2C12H24O2.Ca.H2O/c2*1-2-3-4-5-6-7-8-9-10-11-12(13)14;;/h2*2-11H2,1H3,(H,13,14);;1H2/q;;+2;/p-2. The molecule has 0 unspecified atom stereocenters. The summed E-state index contributed by atoms with van der Waals surface area (Å²) < 4.78 is 0. The Kier molecular flexibility index (Phi) is 42.2. The molecule has 0 amide bonds. The molecule has 5 nitrogen and oxygen atoms in total. The molecule has 0 saturated heterocycles. The van der Waals surface area contributed by atoms with Gasteiger partial charge < -0.3 is 25.3 Å². The molecule has 0 aromatic carbocycles. The molecule has 0 bridgehead atoms. The third kappa shape index (κ3) is 42.3. The Balaban J connectivity index is -0.000000211. The smallest absolute Gasteiger partial charge is 0.550 e. The summed E-state index contributed by atoms with van der Waals surface area (Å²) in [6, 6.07) is 0. The van der Waals surface area contributed by atoms with Crippen LogP contribution in [0.5, 0.6) is 0 Å². The molecule has 0 heterocycles. The second-order valence-electron chi connectivity index (χ2n) is 7.90. The number of carbonyl (C=O) groups is 2. The number of rotatable bonds is 20. The number of unbranched alkanes of at least 4 members (excludes halogenated alkanes) is 16. The van der Waals surface area contributed by atoms with E-state index >= 15 is 0 Å².